The van der Waals surface area contributed by atoms with Crippen LogP contribution >= 0.6 is 22.9 Å². The van der Waals surface area contributed by atoms with Gasteiger partial charge in [0, 0.05) is 0 Å². The molecule has 0 radical (unpaired) electrons. The topological polar surface area (TPSA) is 102 Å². The molecule has 0 atom stereocenters. The molecule has 148 valence electrons. The number of hydrogen-bond donors (Lipinski definition) is 2. The molecule has 0 amide bonds. The smallest absolute Gasteiger partial charge is 0.271 e. The van der Waals surface area contributed by atoms with Crippen LogP contribution in [0.15, 0.2) is 69.1 Å². The highest BCUT2D eigenvalue weighted by Gasteiger charge is 2.22. The zero-order valence-corrected chi connectivity index (χ0v) is 17.6. The third kappa shape index (κ3) is 4.41. The molecule has 1 aromatic heterocycles. The Balaban J connectivity index is 1.95. The first-order valence-electron chi connectivity index (χ1n) is 7.75. The highest BCUT2D eigenvalue weighted by molar-refractivity contribution is 7.94. The minimum Gasteiger partial charge on any atom is -0.495 e. The number of benzene rings is 2. The summed E-state index contributed by atoms with van der Waals surface area (Å²) in [5, 5.41) is 1.57. The van der Waals surface area contributed by atoms with Gasteiger partial charge in [0.05, 0.1) is 23.5 Å². The molecule has 3 rings (SSSR count). The maximum absolute atomic E-state index is 12.8. The predicted molar refractivity (Wildman–Crippen MR) is 110 cm³/mol. The highest BCUT2D eigenvalue weighted by atomic mass is 35.5. The predicted octanol–water partition coefficient (Wildman–Crippen LogP) is 4.01. The Bertz CT molecular complexity index is 1190. The number of methoxy groups -OCH3 is 1. The molecule has 11 heteroatoms. The number of nitrogens with one attached hydrogen (secondary N) is 2. The molecule has 7 nitrogen and oxygen atoms in total. The Kier molecular flexibility index (Phi) is 5.84. The van der Waals surface area contributed by atoms with Crippen molar-refractivity contribution in [2.24, 2.45) is 0 Å². The SMILES string of the molecule is COc1ccccc1NS(=O)(=O)c1cc(NS(=O)(=O)c2cccs2)ccc1Cl. The van der Waals surface area contributed by atoms with E-state index in [1.165, 1.54) is 31.4 Å². The normalized spacial score (nSPS) is 11.8. The molecule has 0 saturated heterocycles. The number of ether oxygens (including phenoxy) is 1. The Labute approximate surface area is 172 Å². The average molecular weight is 459 g/mol. The lowest BCUT2D eigenvalue weighted by molar-refractivity contribution is 0.417. The van der Waals surface area contributed by atoms with Gasteiger partial charge in [-0.3, -0.25) is 9.44 Å². The summed E-state index contributed by atoms with van der Waals surface area (Å²) in [5.41, 5.74) is 0.295. The Morgan fingerprint density at radius 1 is 0.929 bits per heavy atom. The minimum atomic E-state index is -4.10. The molecular weight excluding hydrogens is 444 g/mol. The standard InChI is InChI=1S/C17H15ClN2O5S3/c1-25-15-6-3-2-5-14(15)20-27(21,22)16-11-12(8-9-13(16)18)19-28(23,24)17-7-4-10-26-17/h2-11,19-20H,1H3. The van der Waals surface area contributed by atoms with Crippen molar-refractivity contribution in [1.29, 1.82) is 0 Å². The number of para-hydroxylation sites is 2. The summed E-state index contributed by atoms with van der Waals surface area (Å²) in [5.74, 6) is 0.330. The molecule has 0 saturated carbocycles. The lowest BCUT2D eigenvalue weighted by atomic mass is 10.3. The second kappa shape index (κ2) is 8.00. The van der Waals surface area contributed by atoms with Gasteiger partial charge in [0.25, 0.3) is 20.0 Å². The summed E-state index contributed by atoms with van der Waals surface area (Å²) in [6, 6.07) is 13.4. The number of sulfonamides is 2. The van der Waals surface area contributed by atoms with E-state index in [0.29, 0.717) is 5.75 Å². The number of halogens is 1. The number of thiophene rings is 1. The maximum atomic E-state index is 12.8. The lowest BCUT2D eigenvalue weighted by Gasteiger charge is -2.14. The minimum absolute atomic E-state index is 0.0542. The Morgan fingerprint density at radius 3 is 2.36 bits per heavy atom. The summed E-state index contributed by atoms with van der Waals surface area (Å²) in [6.45, 7) is 0. The van der Waals surface area contributed by atoms with Crippen molar-refractivity contribution < 1.29 is 21.6 Å². The molecular formula is C17H15ClN2O5S3. The number of rotatable bonds is 7. The average Bonchev–Trinajstić information content (AvgIpc) is 3.19. The Morgan fingerprint density at radius 2 is 1.68 bits per heavy atom. The summed E-state index contributed by atoms with van der Waals surface area (Å²) >= 11 is 7.11. The van der Waals surface area contributed by atoms with E-state index in [1.807, 2.05) is 0 Å². The summed E-state index contributed by atoms with van der Waals surface area (Å²) in [7, 11) is -6.51. The fourth-order valence-electron chi connectivity index (χ4n) is 2.32. The van der Waals surface area contributed by atoms with E-state index in [0.717, 1.165) is 17.4 Å². The highest BCUT2D eigenvalue weighted by Crippen LogP contribution is 2.31. The molecule has 0 aliphatic carbocycles. The van der Waals surface area contributed by atoms with Crippen molar-refractivity contribution in [3.05, 3.63) is 65.0 Å². The van der Waals surface area contributed by atoms with Crippen molar-refractivity contribution in [3.63, 3.8) is 0 Å². The van der Waals surface area contributed by atoms with Crippen molar-refractivity contribution >= 4 is 54.4 Å². The van der Waals surface area contributed by atoms with Crippen LogP contribution in [0.25, 0.3) is 0 Å². The van der Waals surface area contributed by atoms with Gasteiger partial charge in [0.2, 0.25) is 0 Å². The van der Waals surface area contributed by atoms with E-state index < -0.39 is 20.0 Å². The molecule has 2 N–H and O–H groups in total. The van der Waals surface area contributed by atoms with E-state index in [-0.39, 0.29) is 25.5 Å². The lowest BCUT2D eigenvalue weighted by Crippen LogP contribution is -2.16. The zero-order chi connectivity index (χ0) is 20.4. The van der Waals surface area contributed by atoms with E-state index >= 15 is 0 Å². The van der Waals surface area contributed by atoms with Gasteiger partial charge < -0.3 is 4.74 Å². The first-order valence-corrected chi connectivity index (χ1v) is 12.0. The van der Waals surface area contributed by atoms with Crippen LogP contribution in [0.3, 0.4) is 0 Å². The molecule has 0 spiro atoms. The molecule has 2 aromatic carbocycles. The molecule has 28 heavy (non-hydrogen) atoms. The van der Waals surface area contributed by atoms with E-state index in [2.05, 4.69) is 9.44 Å². The van der Waals surface area contributed by atoms with Crippen LogP contribution in [-0.4, -0.2) is 23.9 Å². The summed E-state index contributed by atoms with van der Waals surface area (Å²) < 4.78 is 60.4. The van der Waals surface area contributed by atoms with Gasteiger partial charge in [-0.05, 0) is 41.8 Å². The van der Waals surface area contributed by atoms with Crippen molar-refractivity contribution in [1.82, 2.24) is 0 Å². The molecule has 0 aliphatic heterocycles. The largest absolute Gasteiger partial charge is 0.495 e. The van der Waals surface area contributed by atoms with Crippen LogP contribution in [-0.2, 0) is 20.0 Å². The van der Waals surface area contributed by atoms with Gasteiger partial charge in [-0.15, -0.1) is 11.3 Å². The van der Waals surface area contributed by atoms with Gasteiger partial charge in [0.15, 0.2) is 0 Å². The molecule has 0 fully saturated rings. The van der Waals surface area contributed by atoms with Gasteiger partial charge >= 0.3 is 0 Å². The quantitative estimate of drug-likeness (QED) is 0.557. The molecule has 0 unspecified atom stereocenters. The zero-order valence-electron chi connectivity index (χ0n) is 14.4. The molecule has 1 heterocycles. The van der Waals surface area contributed by atoms with Crippen LogP contribution in [0, 0.1) is 0 Å². The number of hydrogen-bond acceptors (Lipinski definition) is 6. The maximum Gasteiger partial charge on any atom is 0.271 e. The fourth-order valence-corrected chi connectivity index (χ4v) is 5.96. The molecule has 3 aromatic rings. The van der Waals surface area contributed by atoms with Crippen molar-refractivity contribution in [3.8, 4) is 5.75 Å². The van der Waals surface area contributed by atoms with E-state index in [1.54, 1.807) is 29.6 Å². The van der Waals surface area contributed by atoms with Crippen LogP contribution in [0.4, 0.5) is 11.4 Å². The third-order valence-electron chi connectivity index (χ3n) is 3.58. The first-order chi connectivity index (χ1) is 13.2. The summed E-state index contributed by atoms with van der Waals surface area (Å²) in [6.07, 6.45) is 0. The van der Waals surface area contributed by atoms with Gasteiger partial charge in [-0.25, -0.2) is 16.8 Å². The van der Waals surface area contributed by atoms with E-state index in [4.69, 9.17) is 16.3 Å². The van der Waals surface area contributed by atoms with Gasteiger partial charge in [0.1, 0.15) is 14.9 Å². The molecule has 0 bridgehead atoms. The van der Waals surface area contributed by atoms with E-state index in [9.17, 15) is 16.8 Å². The van der Waals surface area contributed by atoms with Crippen LogP contribution < -0.4 is 14.2 Å². The van der Waals surface area contributed by atoms with Crippen LogP contribution in [0.2, 0.25) is 5.02 Å². The van der Waals surface area contributed by atoms with Crippen molar-refractivity contribution in [2.45, 2.75) is 9.10 Å². The van der Waals surface area contributed by atoms with Gasteiger partial charge in [-0.1, -0.05) is 29.8 Å². The number of anilines is 2. The van der Waals surface area contributed by atoms with Crippen LogP contribution in [0.5, 0.6) is 5.75 Å². The molecule has 0 aliphatic rings. The monoisotopic (exact) mass is 458 g/mol. The second-order valence-electron chi connectivity index (χ2n) is 5.49. The second-order valence-corrected chi connectivity index (χ2v) is 10.4. The van der Waals surface area contributed by atoms with Crippen LogP contribution in [0.1, 0.15) is 0 Å². The van der Waals surface area contributed by atoms with Gasteiger partial charge in [-0.2, -0.15) is 0 Å². The Hall–Kier alpha value is -2.27. The third-order valence-corrected chi connectivity index (χ3v) is 8.21. The first kappa shape index (κ1) is 20.5. The fraction of sp³-hybridized carbons (Fsp3) is 0.0588. The van der Waals surface area contributed by atoms with Crippen molar-refractivity contribution in [2.75, 3.05) is 16.6 Å². The summed E-state index contributed by atoms with van der Waals surface area (Å²) in [4.78, 5) is -0.272.